The third-order valence-corrected chi connectivity index (χ3v) is 5.15. The Hall–Kier alpha value is -2.78. The number of ether oxygens (including phenoxy) is 3. The molecule has 2 aromatic rings. The molecule has 1 amide bonds. The number of sulfonamides is 1. The minimum Gasteiger partial charge on any atom is -0.497 e. The first kappa shape index (κ1) is 20.5. The second-order valence-corrected chi connectivity index (χ2v) is 7.20. The summed E-state index contributed by atoms with van der Waals surface area (Å²) in [5.74, 6) is 0.767. The van der Waals surface area contributed by atoms with Gasteiger partial charge in [-0.2, -0.15) is 0 Å². The maximum Gasteiger partial charge on any atom is 0.244 e. The highest BCUT2D eigenvalue weighted by Gasteiger charge is 2.21. The number of hydrogen-bond donors (Lipinski definition) is 2. The highest BCUT2D eigenvalue weighted by atomic mass is 32.2. The first-order chi connectivity index (χ1) is 12.9. The molecular weight excluding hydrogens is 372 g/mol. The third kappa shape index (κ3) is 5.60. The van der Waals surface area contributed by atoms with Crippen molar-refractivity contribution in [2.45, 2.75) is 11.4 Å². The van der Waals surface area contributed by atoms with Gasteiger partial charge in [0.05, 0.1) is 27.9 Å². The van der Waals surface area contributed by atoms with Crippen molar-refractivity contribution < 1.29 is 27.4 Å². The van der Waals surface area contributed by atoms with Crippen LogP contribution in [0.1, 0.15) is 5.56 Å². The van der Waals surface area contributed by atoms with Crippen LogP contribution in [0.5, 0.6) is 17.2 Å². The van der Waals surface area contributed by atoms with Crippen molar-refractivity contribution in [3.05, 3.63) is 48.0 Å². The van der Waals surface area contributed by atoms with Crippen LogP contribution in [0.2, 0.25) is 0 Å². The summed E-state index contributed by atoms with van der Waals surface area (Å²) in [6, 6.07) is 11.6. The van der Waals surface area contributed by atoms with Gasteiger partial charge in [0.1, 0.15) is 22.1 Å². The highest BCUT2D eigenvalue weighted by molar-refractivity contribution is 7.89. The van der Waals surface area contributed by atoms with E-state index in [4.69, 9.17) is 14.2 Å². The molecule has 2 aromatic carbocycles. The van der Waals surface area contributed by atoms with Crippen LogP contribution >= 0.6 is 0 Å². The molecule has 9 heteroatoms. The molecule has 0 bridgehead atoms. The van der Waals surface area contributed by atoms with Crippen LogP contribution in [0.4, 0.5) is 0 Å². The number of carbonyl (C=O) groups is 1. The van der Waals surface area contributed by atoms with Crippen LogP contribution < -0.4 is 24.2 Å². The number of nitrogens with one attached hydrogen (secondary N) is 2. The summed E-state index contributed by atoms with van der Waals surface area (Å²) in [4.78, 5) is 11.9. The summed E-state index contributed by atoms with van der Waals surface area (Å²) in [5, 5.41) is 2.65. The van der Waals surface area contributed by atoms with Gasteiger partial charge in [0, 0.05) is 12.6 Å². The Morgan fingerprint density at radius 3 is 2.15 bits per heavy atom. The lowest BCUT2D eigenvalue weighted by Crippen LogP contribution is -2.36. The van der Waals surface area contributed by atoms with Crippen LogP contribution in [0.25, 0.3) is 0 Å². The predicted molar refractivity (Wildman–Crippen MR) is 99.6 cm³/mol. The van der Waals surface area contributed by atoms with Crippen molar-refractivity contribution in [3.8, 4) is 17.2 Å². The largest absolute Gasteiger partial charge is 0.497 e. The molecule has 2 rings (SSSR count). The zero-order chi connectivity index (χ0) is 19.9. The fraction of sp³-hybridized carbons (Fsp3) is 0.278. The van der Waals surface area contributed by atoms with Gasteiger partial charge in [-0.1, -0.05) is 12.1 Å². The van der Waals surface area contributed by atoms with E-state index >= 15 is 0 Å². The Bertz CT molecular complexity index is 881. The van der Waals surface area contributed by atoms with Crippen LogP contribution in [-0.2, 0) is 21.4 Å². The van der Waals surface area contributed by atoms with Gasteiger partial charge in [0.15, 0.2) is 0 Å². The summed E-state index contributed by atoms with van der Waals surface area (Å²) in [6.07, 6.45) is 0. The van der Waals surface area contributed by atoms with Gasteiger partial charge in [-0.3, -0.25) is 4.79 Å². The van der Waals surface area contributed by atoms with Crippen LogP contribution in [0, 0.1) is 0 Å². The second-order valence-electron chi connectivity index (χ2n) is 5.47. The van der Waals surface area contributed by atoms with Crippen LogP contribution in [-0.4, -0.2) is 42.2 Å². The van der Waals surface area contributed by atoms with Gasteiger partial charge in [0.2, 0.25) is 15.9 Å². The molecule has 0 spiro atoms. The first-order valence-corrected chi connectivity index (χ1v) is 9.49. The van der Waals surface area contributed by atoms with E-state index < -0.39 is 22.5 Å². The van der Waals surface area contributed by atoms with E-state index in [-0.39, 0.29) is 17.2 Å². The summed E-state index contributed by atoms with van der Waals surface area (Å²) >= 11 is 0. The monoisotopic (exact) mass is 394 g/mol. The molecule has 0 aliphatic carbocycles. The molecule has 0 aliphatic rings. The molecule has 0 unspecified atom stereocenters. The van der Waals surface area contributed by atoms with Crippen molar-refractivity contribution in [1.29, 1.82) is 0 Å². The molecule has 27 heavy (non-hydrogen) atoms. The lowest BCUT2D eigenvalue weighted by atomic mass is 10.2. The molecule has 0 saturated carbocycles. The molecule has 8 nitrogen and oxygen atoms in total. The molecular formula is C18H22N2O6S. The van der Waals surface area contributed by atoms with E-state index in [2.05, 4.69) is 10.0 Å². The second kappa shape index (κ2) is 9.24. The van der Waals surface area contributed by atoms with Gasteiger partial charge in [-0.05, 0) is 29.8 Å². The van der Waals surface area contributed by atoms with Crippen LogP contribution in [0.15, 0.2) is 47.4 Å². The van der Waals surface area contributed by atoms with Gasteiger partial charge in [0.25, 0.3) is 0 Å². The molecule has 0 heterocycles. The zero-order valence-corrected chi connectivity index (χ0v) is 16.1. The Labute approximate surface area is 158 Å². The fourth-order valence-corrected chi connectivity index (χ4v) is 3.40. The quantitative estimate of drug-likeness (QED) is 0.665. The number of methoxy groups -OCH3 is 3. The molecule has 0 atom stereocenters. The summed E-state index contributed by atoms with van der Waals surface area (Å²) < 4.78 is 42.4. The Morgan fingerprint density at radius 2 is 1.56 bits per heavy atom. The van der Waals surface area contributed by atoms with Crippen molar-refractivity contribution in [2.75, 3.05) is 27.9 Å². The van der Waals surface area contributed by atoms with Crippen molar-refractivity contribution in [2.24, 2.45) is 0 Å². The van der Waals surface area contributed by atoms with E-state index in [0.29, 0.717) is 11.5 Å². The fourth-order valence-electron chi connectivity index (χ4n) is 2.24. The molecule has 0 aromatic heterocycles. The number of carbonyl (C=O) groups excluding carboxylic acids is 1. The molecule has 0 radical (unpaired) electrons. The zero-order valence-electron chi connectivity index (χ0n) is 15.3. The normalized spacial score (nSPS) is 10.9. The number of hydrogen-bond acceptors (Lipinski definition) is 6. The maximum absolute atomic E-state index is 12.5. The van der Waals surface area contributed by atoms with E-state index in [9.17, 15) is 13.2 Å². The Balaban J connectivity index is 1.97. The number of rotatable bonds is 9. The summed E-state index contributed by atoms with van der Waals surface area (Å²) in [6.45, 7) is -0.133. The average molecular weight is 394 g/mol. The third-order valence-electron chi connectivity index (χ3n) is 3.73. The smallest absolute Gasteiger partial charge is 0.244 e. The van der Waals surface area contributed by atoms with Gasteiger partial charge >= 0.3 is 0 Å². The highest BCUT2D eigenvalue weighted by Crippen LogP contribution is 2.27. The maximum atomic E-state index is 12.5. The average Bonchev–Trinajstić information content (AvgIpc) is 2.70. The first-order valence-electron chi connectivity index (χ1n) is 8.01. The lowest BCUT2D eigenvalue weighted by molar-refractivity contribution is -0.120. The Morgan fingerprint density at radius 1 is 0.926 bits per heavy atom. The van der Waals surface area contributed by atoms with Gasteiger partial charge in [-0.25, -0.2) is 13.1 Å². The molecule has 2 N–H and O–H groups in total. The molecule has 0 fully saturated rings. The van der Waals surface area contributed by atoms with Crippen molar-refractivity contribution >= 4 is 15.9 Å². The molecule has 0 aliphatic heterocycles. The van der Waals surface area contributed by atoms with E-state index in [0.717, 1.165) is 5.56 Å². The minimum atomic E-state index is -3.96. The van der Waals surface area contributed by atoms with Crippen molar-refractivity contribution in [1.82, 2.24) is 10.0 Å². The molecule has 146 valence electrons. The molecule has 0 saturated heterocycles. The standard InChI is InChI=1S/C18H22N2O6S/c1-24-14-6-4-13(5-7-14)11-19-18(21)12-20-27(22,23)17-10-15(25-2)8-9-16(17)26-3/h4-10,20H,11-12H2,1-3H3,(H,19,21). The summed E-state index contributed by atoms with van der Waals surface area (Å²) in [7, 11) is 0.407. The van der Waals surface area contributed by atoms with Crippen molar-refractivity contribution in [3.63, 3.8) is 0 Å². The SMILES string of the molecule is COc1ccc(CNC(=O)CNS(=O)(=O)c2cc(OC)ccc2OC)cc1. The van der Waals surface area contributed by atoms with Crippen LogP contribution in [0.3, 0.4) is 0 Å². The van der Waals surface area contributed by atoms with E-state index in [1.807, 2.05) is 12.1 Å². The van der Waals surface area contributed by atoms with Gasteiger partial charge in [-0.15, -0.1) is 0 Å². The topological polar surface area (TPSA) is 103 Å². The number of amides is 1. The van der Waals surface area contributed by atoms with E-state index in [1.165, 1.54) is 26.4 Å². The van der Waals surface area contributed by atoms with Gasteiger partial charge < -0.3 is 19.5 Å². The predicted octanol–water partition coefficient (Wildman–Crippen LogP) is 1.31. The minimum absolute atomic E-state index is 0.104. The lowest BCUT2D eigenvalue weighted by Gasteiger charge is -2.12. The van der Waals surface area contributed by atoms with E-state index in [1.54, 1.807) is 25.3 Å². The number of benzene rings is 2. The summed E-state index contributed by atoms with van der Waals surface area (Å²) in [5.41, 5.74) is 0.862. The Kier molecular flexibility index (Phi) is 7.03.